The van der Waals surface area contributed by atoms with E-state index >= 15 is 0 Å². The van der Waals surface area contributed by atoms with Crippen LogP contribution in [0.3, 0.4) is 0 Å². The van der Waals surface area contributed by atoms with Gasteiger partial charge in [-0.15, -0.1) is 5.10 Å². The fraction of sp³-hybridized carbons (Fsp3) is 0.167. The zero-order valence-corrected chi connectivity index (χ0v) is 20.0. The van der Waals surface area contributed by atoms with Crippen LogP contribution >= 0.6 is 11.6 Å². The minimum absolute atomic E-state index is 0.0244. The molecule has 0 bridgehead atoms. The highest BCUT2D eigenvalue weighted by molar-refractivity contribution is 6.39. The molecule has 1 saturated heterocycles. The van der Waals surface area contributed by atoms with Crippen molar-refractivity contribution in [1.29, 1.82) is 0 Å². The van der Waals surface area contributed by atoms with Crippen LogP contribution in [0, 0.1) is 5.82 Å². The van der Waals surface area contributed by atoms with Crippen molar-refractivity contribution < 1.29 is 14.0 Å². The van der Waals surface area contributed by atoms with Crippen molar-refractivity contribution in [1.82, 2.24) is 29.4 Å². The largest absolute Gasteiger partial charge is 0.365 e. The Bertz CT molecular complexity index is 1520. The molecular weight excluding hydrogens is 503 g/mol. The average Bonchev–Trinajstić information content (AvgIpc) is 3.38. The zero-order valence-electron chi connectivity index (χ0n) is 19.3. The third-order valence-corrected chi connectivity index (χ3v) is 6.15. The maximum absolute atomic E-state index is 13.9. The summed E-state index contributed by atoms with van der Waals surface area (Å²) in [5.41, 5.74) is 0.605. The summed E-state index contributed by atoms with van der Waals surface area (Å²) in [7, 11) is 0. The number of aromatic nitrogens is 5. The Hall–Kier alpha value is -4.58. The summed E-state index contributed by atoms with van der Waals surface area (Å²) in [5, 5.41) is 10.8. The molecule has 2 amide bonds. The normalized spacial score (nSPS) is 13.5. The van der Waals surface area contributed by atoms with Gasteiger partial charge in [0.1, 0.15) is 5.02 Å². The fourth-order valence-corrected chi connectivity index (χ4v) is 4.16. The van der Waals surface area contributed by atoms with Gasteiger partial charge in [-0.3, -0.25) is 14.4 Å². The van der Waals surface area contributed by atoms with Gasteiger partial charge in [-0.2, -0.15) is 9.78 Å². The molecule has 4 heterocycles. The van der Waals surface area contributed by atoms with Gasteiger partial charge < -0.3 is 15.1 Å². The molecule has 1 aliphatic heterocycles. The maximum atomic E-state index is 13.9. The molecule has 0 atom stereocenters. The number of para-hydroxylation sites is 1. The van der Waals surface area contributed by atoms with E-state index in [-0.39, 0.29) is 29.7 Å². The lowest BCUT2D eigenvalue weighted by molar-refractivity contribution is -0.143. The number of rotatable bonds is 4. The van der Waals surface area contributed by atoms with Crippen LogP contribution < -0.4 is 15.8 Å². The summed E-state index contributed by atoms with van der Waals surface area (Å²) < 4.78 is 16.3. The monoisotopic (exact) mass is 522 g/mol. The van der Waals surface area contributed by atoms with Gasteiger partial charge in [0.2, 0.25) is 0 Å². The van der Waals surface area contributed by atoms with Crippen LogP contribution in [0.1, 0.15) is 0 Å². The molecule has 1 N–H and O–H groups in total. The smallest absolute Gasteiger partial charge is 0.315 e. The van der Waals surface area contributed by atoms with Crippen LogP contribution in [0.4, 0.5) is 15.9 Å². The number of halogens is 2. The van der Waals surface area contributed by atoms with Gasteiger partial charge in [-0.1, -0.05) is 29.8 Å². The first-order chi connectivity index (χ1) is 17.9. The Labute approximate surface area is 214 Å². The molecule has 37 heavy (non-hydrogen) atoms. The highest BCUT2D eigenvalue weighted by atomic mass is 35.5. The molecule has 1 aromatic carbocycles. The molecule has 1 fully saturated rings. The second-order valence-electron chi connectivity index (χ2n) is 8.08. The highest BCUT2D eigenvalue weighted by Gasteiger charge is 2.28. The van der Waals surface area contributed by atoms with Gasteiger partial charge in [0, 0.05) is 44.6 Å². The molecule has 0 aliphatic carbocycles. The van der Waals surface area contributed by atoms with Crippen LogP contribution in [0.15, 0.2) is 71.9 Å². The molecule has 13 heteroatoms. The van der Waals surface area contributed by atoms with Crippen LogP contribution in [0.2, 0.25) is 5.02 Å². The van der Waals surface area contributed by atoms with Crippen molar-refractivity contribution in [3.8, 4) is 11.5 Å². The molecular formula is C24H20ClFN8O3. The van der Waals surface area contributed by atoms with Gasteiger partial charge in [0.25, 0.3) is 5.56 Å². The number of carbonyl (C=O) groups excluding carboxylic acids is 2. The maximum Gasteiger partial charge on any atom is 0.315 e. The number of nitrogens with zero attached hydrogens (tertiary/aromatic N) is 7. The Morgan fingerprint density at radius 2 is 1.76 bits per heavy atom. The third-order valence-electron chi connectivity index (χ3n) is 5.79. The number of pyridine rings is 1. The first kappa shape index (κ1) is 24.1. The summed E-state index contributed by atoms with van der Waals surface area (Å²) in [6.45, 7) is 1.17. The number of carbonyl (C=O) groups is 2. The summed E-state index contributed by atoms with van der Waals surface area (Å²) in [6, 6.07) is 13.1. The van der Waals surface area contributed by atoms with E-state index in [1.807, 2.05) is 11.0 Å². The first-order valence-electron chi connectivity index (χ1n) is 11.3. The van der Waals surface area contributed by atoms with Crippen molar-refractivity contribution in [2.75, 3.05) is 36.4 Å². The molecule has 0 saturated carbocycles. The zero-order chi connectivity index (χ0) is 25.9. The molecule has 3 aromatic heterocycles. The van der Waals surface area contributed by atoms with E-state index < -0.39 is 23.2 Å². The predicted octanol–water partition coefficient (Wildman–Crippen LogP) is 1.89. The van der Waals surface area contributed by atoms with E-state index in [0.29, 0.717) is 24.5 Å². The number of anilines is 2. The second-order valence-corrected chi connectivity index (χ2v) is 8.46. The lowest BCUT2D eigenvalue weighted by atomic mass is 10.2. The van der Waals surface area contributed by atoms with Crippen LogP contribution in [0.5, 0.6) is 0 Å². The molecule has 1 aliphatic rings. The molecule has 0 spiro atoms. The quantitative estimate of drug-likeness (QED) is 0.407. The van der Waals surface area contributed by atoms with E-state index in [0.717, 1.165) is 4.68 Å². The number of benzene rings is 1. The van der Waals surface area contributed by atoms with Gasteiger partial charge in [-0.25, -0.2) is 14.1 Å². The van der Waals surface area contributed by atoms with Gasteiger partial charge >= 0.3 is 11.8 Å². The summed E-state index contributed by atoms with van der Waals surface area (Å²) in [6.07, 6.45) is 4.36. The third kappa shape index (κ3) is 4.91. The number of hydrogen-bond acceptors (Lipinski definition) is 7. The van der Waals surface area contributed by atoms with E-state index in [1.165, 1.54) is 46.4 Å². The lowest BCUT2D eigenvalue weighted by Crippen LogP contribution is -2.52. The second kappa shape index (κ2) is 10.2. The van der Waals surface area contributed by atoms with E-state index in [4.69, 9.17) is 11.6 Å². The van der Waals surface area contributed by atoms with Crippen LogP contribution in [-0.2, 0) is 9.59 Å². The van der Waals surface area contributed by atoms with Crippen molar-refractivity contribution in [2.24, 2.45) is 0 Å². The Balaban J connectivity index is 1.21. The molecule has 11 nitrogen and oxygen atoms in total. The van der Waals surface area contributed by atoms with E-state index in [9.17, 15) is 18.8 Å². The SMILES string of the molecule is O=C(Nc1ccn(-c2ncccc2F)n1)C(=O)N1CCN(c2cnn(-c3ccccc3)c(=O)c2Cl)CC1. The van der Waals surface area contributed by atoms with E-state index in [2.05, 4.69) is 20.5 Å². The molecule has 0 radical (unpaired) electrons. The van der Waals surface area contributed by atoms with Crippen molar-refractivity contribution in [3.63, 3.8) is 0 Å². The standard InChI is InChI=1S/C24H20ClFN8O3/c25-20-18(15-28-34(23(20)36)16-5-2-1-3-6-16)31-11-13-32(14-12-31)24(37)22(35)29-19-8-10-33(30-19)21-17(26)7-4-9-27-21/h1-10,15H,11-14H2,(H,29,30,35). The topological polar surface area (TPSA) is 118 Å². The van der Waals surface area contributed by atoms with Crippen LogP contribution in [-0.4, -0.2) is 67.4 Å². The fourth-order valence-electron chi connectivity index (χ4n) is 3.92. The Morgan fingerprint density at radius 1 is 1.00 bits per heavy atom. The van der Waals surface area contributed by atoms with Gasteiger partial charge in [0.05, 0.1) is 17.6 Å². The summed E-state index contributed by atoms with van der Waals surface area (Å²) in [4.78, 5) is 45.1. The molecule has 5 rings (SSSR count). The number of piperazine rings is 1. The van der Waals surface area contributed by atoms with Crippen LogP contribution in [0.25, 0.3) is 11.5 Å². The Morgan fingerprint density at radius 3 is 2.49 bits per heavy atom. The van der Waals surface area contributed by atoms with Gasteiger partial charge in [-0.05, 0) is 24.3 Å². The first-order valence-corrected chi connectivity index (χ1v) is 11.6. The van der Waals surface area contributed by atoms with Crippen molar-refractivity contribution in [2.45, 2.75) is 0 Å². The lowest BCUT2D eigenvalue weighted by Gasteiger charge is -2.35. The van der Waals surface area contributed by atoms with Gasteiger partial charge in [0.15, 0.2) is 17.5 Å². The minimum Gasteiger partial charge on any atom is -0.365 e. The number of amides is 2. The molecule has 4 aromatic rings. The predicted molar refractivity (Wildman–Crippen MR) is 134 cm³/mol. The Kier molecular flexibility index (Phi) is 6.64. The molecule has 188 valence electrons. The summed E-state index contributed by atoms with van der Waals surface area (Å²) >= 11 is 6.38. The van der Waals surface area contributed by atoms with E-state index in [1.54, 1.807) is 24.3 Å². The summed E-state index contributed by atoms with van der Waals surface area (Å²) in [5.74, 6) is -2.13. The number of nitrogens with one attached hydrogen (secondary N) is 1. The average molecular weight is 523 g/mol. The molecule has 0 unspecified atom stereocenters. The minimum atomic E-state index is -0.870. The number of hydrogen-bond donors (Lipinski definition) is 1. The highest BCUT2D eigenvalue weighted by Crippen LogP contribution is 2.23. The van der Waals surface area contributed by atoms with Crippen molar-refractivity contribution in [3.05, 3.63) is 88.3 Å². The van der Waals surface area contributed by atoms with Crippen molar-refractivity contribution >= 4 is 34.9 Å².